The first kappa shape index (κ1) is 17.6. The van der Waals surface area contributed by atoms with Gasteiger partial charge in [-0.3, -0.25) is 0 Å². The van der Waals surface area contributed by atoms with E-state index in [0.717, 1.165) is 19.3 Å². The average molecular weight is 318 g/mol. The summed E-state index contributed by atoms with van der Waals surface area (Å²) in [6, 6.07) is 8.89. The Hall–Kier alpha value is -1.71. The number of aryl methyl sites for hydroxylation is 1. The van der Waals surface area contributed by atoms with Crippen LogP contribution in [-0.2, 0) is 11.2 Å². The second kappa shape index (κ2) is 7.71. The predicted molar refractivity (Wildman–Crippen MR) is 94.8 cm³/mol. The van der Waals surface area contributed by atoms with E-state index < -0.39 is 5.60 Å². The van der Waals surface area contributed by atoms with Crippen LogP contribution >= 0.6 is 0 Å². The number of anilines is 1. The fraction of sp³-hybridized carbons (Fsp3) is 0.632. The van der Waals surface area contributed by atoms with Gasteiger partial charge >= 0.3 is 6.09 Å². The largest absolute Gasteiger partial charge is 0.444 e. The van der Waals surface area contributed by atoms with Crippen molar-refractivity contribution in [2.75, 3.05) is 11.9 Å². The third kappa shape index (κ3) is 5.45. The molecule has 2 unspecified atom stereocenters. The van der Waals surface area contributed by atoms with Crippen molar-refractivity contribution in [3.8, 4) is 0 Å². The summed E-state index contributed by atoms with van der Waals surface area (Å²) in [4.78, 5) is 11.8. The van der Waals surface area contributed by atoms with Crippen LogP contribution in [0.25, 0.3) is 0 Å². The highest BCUT2D eigenvalue weighted by molar-refractivity contribution is 5.67. The van der Waals surface area contributed by atoms with E-state index >= 15 is 0 Å². The van der Waals surface area contributed by atoms with Crippen molar-refractivity contribution in [2.24, 2.45) is 5.92 Å². The Morgan fingerprint density at radius 2 is 2.00 bits per heavy atom. The average Bonchev–Trinajstić information content (AvgIpc) is 2.91. The molecule has 0 bridgehead atoms. The topological polar surface area (TPSA) is 50.4 Å². The van der Waals surface area contributed by atoms with E-state index in [1.807, 2.05) is 20.8 Å². The zero-order valence-electron chi connectivity index (χ0n) is 14.8. The maximum atomic E-state index is 11.8. The van der Waals surface area contributed by atoms with Crippen LogP contribution in [0.4, 0.5) is 10.5 Å². The van der Waals surface area contributed by atoms with Gasteiger partial charge in [-0.2, -0.15) is 0 Å². The van der Waals surface area contributed by atoms with Gasteiger partial charge in [0.1, 0.15) is 5.60 Å². The molecule has 2 rings (SSSR count). The number of hydrogen-bond acceptors (Lipinski definition) is 3. The van der Waals surface area contributed by atoms with E-state index in [1.165, 1.54) is 17.7 Å². The molecule has 23 heavy (non-hydrogen) atoms. The maximum Gasteiger partial charge on any atom is 0.407 e. The van der Waals surface area contributed by atoms with Gasteiger partial charge in [-0.25, -0.2) is 4.79 Å². The van der Waals surface area contributed by atoms with Gasteiger partial charge in [-0.05, 0) is 57.6 Å². The number of carbonyl (C=O) groups is 1. The van der Waals surface area contributed by atoms with E-state index in [9.17, 15) is 4.79 Å². The second-order valence-corrected chi connectivity index (χ2v) is 7.34. The number of rotatable bonds is 5. The summed E-state index contributed by atoms with van der Waals surface area (Å²) in [7, 11) is 0. The molecule has 1 aromatic rings. The Balaban J connectivity index is 1.89. The van der Waals surface area contributed by atoms with Gasteiger partial charge in [0.15, 0.2) is 0 Å². The number of hydrogen-bond donors (Lipinski definition) is 2. The number of para-hydroxylation sites is 1. The summed E-state index contributed by atoms with van der Waals surface area (Å²) in [5.41, 5.74) is 2.12. The highest BCUT2D eigenvalue weighted by Gasteiger charge is 2.28. The van der Waals surface area contributed by atoms with Crippen LogP contribution in [0.15, 0.2) is 24.3 Å². The molecule has 128 valence electrons. The van der Waals surface area contributed by atoms with E-state index in [-0.39, 0.29) is 6.09 Å². The van der Waals surface area contributed by atoms with Crippen LogP contribution in [0.5, 0.6) is 0 Å². The normalized spacial score (nSPS) is 21.0. The zero-order chi connectivity index (χ0) is 16.9. The lowest BCUT2D eigenvalue weighted by Gasteiger charge is -2.25. The van der Waals surface area contributed by atoms with Crippen molar-refractivity contribution in [3.63, 3.8) is 0 Å². The molecular formula is C19H30N2O2. The smallest absolute Gasteiger partial charge is 0.407 e. The molecule has 0 radical (unpaired) electrons. The van der Waals surface area contributed by atoms with Gasteiger partial charge in [0.25, 0.3) is 0 Å². The van der Waals surface area contributed by atoms with Crippen LogP contribution in [0.2, 0.25) is 0 Å². The zero-order valence-corrected chi connectivity index (χ0v) is 14.8. The van der Waals surface area contributed by atoms with Crippen molar-refractivity contribution < 1.29 is 9.53 Å². The van der Waals surface area contributed by atoms with E-state index in [4.69, 9.17) is 4.74 Å². The van der Waals surface area contributed by atoms with Crippen molar-refractivity contribution in [1.82, 2.24) is 5.32 Å². The van der Waals surface area contributed by atoms with E-state index in [2.05, 4.69) is 41.8 Å². The van der Waals surface area contributed by atoms with Crippen molar-refractivity contribution in [3.05, 3.63) is 29.8 Å². The number of alkyl carbamates (subject to hydrolysis) is 1. The summed E-state index contributed by atoms with van der Waals surface area (Å²) < 4.78 is 5.32. The third-order valence-electron chi connectivity index (χ3n) is 4.31. The molecule has 1 saturated carbocycles. The van der Waals surface area contributed by atoms with E-state index in [1.54, 1.807) is 0 Å². The summed E-state index contributed by atoms with van der Waals surface area (Å²) in [6.07, 6.45) is 4.20. The molecule has 1 aromatic carbocycles. The Labute approximate surface area is 140 Å². The van der Waals surface area contributed by atoms with Crippen LogP contribution in [-0.4, -0.2) is 24.3 Å². The SMILES string of the molecule is CCc1ccccc1NC1CCCC1CNC(=O)OC(C)(C)C. The lowest BCUT2D eigenvalue weighted by Crippen LogP contribution is -2.38. The first-order chi connectivity index (χ1) is 10.9. The third-order valence-corrected chi connectivity index (χ3v) is 4.31. The Morgan fingerprint density at radius 3 is 2.70 bits per heavy atom. The number of carbonyl (C=O) groups excluding carboxylic acids is 1. The summed E-state index contributed by atoms with van der Waals surface area (Å²) in [6.45, 7) is 8.49. The number of amides is 1. The minimum Gasteiger partial charge on any atom is -0.444 e. The fourth-order valence-electron chi connectivity index (χ4n) is 3.17. The Morgan fingerprint density at radius 1 is 1.26 bits per heavy atom. The van der Waals surface area contributed by atoms with Gasteiger partial charge in [0.05, 0.1) is 0 Å². The van der Waals surface area contributed by atoms with E-state index in [0.29, 0.717) is 18.5 Å². The molecule has 1 aliphatic rings. The molecule has 0 aromatic heterocycles. The summed E-state index contributed by atoms with van der Waals surface area (Å²) in [5.74, 6) is 0.451. The van der Waals surface area contributed by atoms with Gasteiger partial charge in [0, 0.05) is 18.3 Å². The van der Waals surface area contributed by atoms with Crippen molar-refractivity contribution >= 4 is 11.8 Å². The quantitative estimate of drug-likeness (QED) is 0.848. The molecule has 4 nitrogen and oxygen atoms in total. The molecule has 0 saturated heterocycles. The van der Waals surface area contributed by atoms with Crippen LogP contribution in [0.1, 0.15) is 52.5 Å². The van der Waals surface area contributed by atoms with Gasteiger partial charge < -0.3 is 15.4 Å². The Kier molecular flexibility index (Phi) is 5.91. The molecule has 1 aliphatic carbocycles. The number of ether oxygens (including phenoxy) is 1. The minimum atomic E-state index is -0.447. The molecule has 0 spiro atoms. The summed E-state index contributed by atoms with van der Waals surface area (Å²) in [5, 5.41) is 6.61. The second-order valence-electron chi connectivity index (χ2n) is 7.34. The predicted octanol–water partition coefficient (Wildman–Crippen LogP) is 4.35. The fourth-order valence-corrected chi connectivity index (χ4v) is 3.17. The Bertz CT molecular complexity index is 522. The van der Waals surface area contributed by atoms with Crippen LogP contribution in [0, 0.1) is 5.92 Å². The number of benzene rings is 1. The molecule has 0 aliphatic heterocycles. The monoisotopic (exact) mass is 318 g/mol. The molecule has 0 heterocycles. The lowest BCUT2D eigenvalue weighted by atomic mass is 10.0. The minimum absolute atomic E-state index is 0.322. The first-order valence-corrected chi connectivity index (χ1v) is 8.70. The van der Waals surface area contributed by atoms with Gasteiger partial charge in [-0.1, -0.05) is 31.5 Å². The lowest BCUT2D eigenvalue weighted by molar-refractivity contribution is 0.0519. The first-order valence-electron chi connectivity index (χ1n) is 8.70. The molecule has 4 heteroatoms. The highest BCUT2D eigenvalue weighted by Crippen LogP contribution is 2.29. The van der Waals surface area contributed by atoms with Crippen LogP contribution in [0.3, 0.4) is 0 Å². The van der Waals surface area contributed by atoms with Gasteiger partial charge in [-0.15, -0.1) is 0 Å². The summed E-state index contributed by atoms with van der Waals surface area (Å²) >= 11 is 0. The highest BCUT2D eigenvalue weighted by atomic mass is 16.6. The maximum absolute atomic E-state index is 11.8. The molecule has 2 N–H and O–H groups in total. The van der Waals surface area contributed by atoms with Crippen molar-refractivity contribution in [2.45, 2.75) is 65.0 Å². The standard InChI is InChI=1S/C19H30N2O2/c1-5-14-9-6-7-11-16(14)21-17-12-8-10-15(17)13-20-18(22)23-19(2,3)4/h6-7,9,11,15,17,21H,5,8,10,12-13H2,1-4H3,(H,20,22). The van der Waals surface area contributed by atoms with Crippen molar-refractivity contribution in [1.29, 1.82) is 0 Å². The molecule has 2 atom stereocenters. The van der Waals surface area contributed by atoms with Gasteiger partial charge in [0.2, 0.25) is 0 Å². The number of nitrogens with one attached hydrogen (secondary N) is 2. The molecule has 1 amide bonds. The van der Waals surface area contributed by atoms with Crippen LogP contribution < -0.4 is 10.6 Å². The molecule has 1 fully saturated rings. The molecular weight excluding hydrogens is 288 g/mol.